The predicted octanol–water partition coefficient (Wildman–Crippen LogP) is 2.92. The van der Waals surface area contributed by atoms with Crippen LogP contribution in [0.15, 0.2) is 65.5 Å². The third-order valence-corrected chi connectivity index (χ3v) is 3.36. The molecule has 0 aliphatic heterocycles. The lowest BCUT2D eigenvalue weighted by Gasteiger charge is -2.08. The van der Waals surface area contributed by atoms with Crippen LogP contribution in [0.3, 0.4) is 0 Å². The van der Waals surface area contributed by atoms with E-state index in [1.54, 1.807) is 0 Å². The first kappa shape index (κ1) is 14.5. The van der Waals surface area contributed by atoms with Crippen LogP contribution in [0.25, 0.3) is 11.3 Å². The minimum absolute atomic E-state index is 0.0275. The number of nitrogens with zero attached hydrogens (tertiary/aromatic N) is 2. The maximum Gasteiger partial charge on any atom is 0.269 e. The van der Waals surface area contributed by atoms with Crippen LogP contribution in [0, 0.1) is 11.3 Å². The summed E-state index contributed by atoms with van der Waals surface area (Å²) in [5.41, 5.74) is 1.68. The van der Waals surface area contributed by atoms with Crippen molar-refractivity contribution >= 4 is 5.69 Å². The monoisotopic (exact) mass is 302 g/mol. The van der Waals surface area contributed by atoms with Gasteiger partial charge in [-0.15, -0.1) is 0 Å². The summed E-state index contributed by atoms with van der Waals surface area (Å²) >= 11 is 0. The molecule has 0 fully saturated rings. The lowest BCUT2D eigenvalue weighted by Crippen LogP contribution is -2.18. The van der Waals surface area contributed by atoms with E-state index in [1.807, 2.05) is 66.7 Å². The molecule has 0 radical (unpaired) electrons. The number of anilines is 1. The Morgan fingerprint density at radius 1 is 1.04 bits per heavy atom. The van der Waals surface area contributed by atoms with Crippen LogP contribution >= 0.6 is 0 Å². The summed E-state index contributed by atoms with van der Waals surface area (Å²) in [5, 5.41) is 12.4. The number of hydrogen-bond donors (Lipinski definition) is 2. The molecule has 0 saturated heterocycles. The highest BCUT2D eigenvalue weighted by atomic mass is 16.1. The highest BCUT2D eigenvalue weighted by Crippen LogP contribution is 2.18. The Hall–Kier alpha value is -3.39. The first-order chi connectivity index (χ1) is 11.3. The molecule has 3 rings (SSSR count). The molecule has 1 aromatic heterocycles. The Kier molecular flexibility index (Phi) is 4.16. The van der Waals surface area contributed by atoms with Gasteiger partial charge in [-0.05, 0) is 12.1 Å². The molecular weight excluding hydrogens is 288 g/mol. The van der Waals surface area contributed by atoms with Gasteiger partial charge in [-0.1, -0.05) is 48.5 Å². The van der Waals surface area contributed by atoms with Crippen molar-refractivity contribution in [1.29, 1.82) is 5.26 Å². The average Bonchev–Trinajstić information content (AvgIpc) is 2.61. The molecule has 5 heteroatoms. The van der Waals surface area contributed by atoms with Crippen LogP contribution in [0.5, 0.6) is 0 Å². The SMILES string of the molecule is N#Cc1c(-c2ccccc2)nc(CNc2ccccc2)[nH]c1=O. The summed E-state index contributed by atoms with van der Waals surface area (Å²) in [5.74, 6) is 0.483. The Morgan fingerprint density at radius 2 is 1.70 bits per heavy atom. The molecule has 5 nitrogen and oxygen atoms in total. The van der Waals surface area contributed by atoms with Gasteiger partial charge in [0.2, 0.25) is 0 Å². The maximum absolute atomic E-state index is 12.1. The molecule has 0 saturated carbocycles. The highest BCUT2D eigenvalue weighted by Gasteiger charge is 2.12. The molecule has 0 spiro atoms. The van der Waals surface area contributed by atoms with E-state index in [4.69, 9.17) is 0 Å². The van der Waals surface area contributed by atoms with Gasteiger partial charge in [0.25, 0.3) is 5.56 Å². The number of nitrogens with one attached hydrogen (secondary N) is 2. The standard InChI is InChI=1S/C18H14N4O/c19-11-15-17(13-7-3-1-4-8-13)21-16(22-18(15)23)12-20-14-9-5-2-6-10-14/h1-10,20H,12H2,(H,21,22,23). The van der Waals surface area contributed by atoms with Crippen molar-refractivity contribution in [2.75, 3.05) is 5.32 Å². The number of nitriles is 1. The summed E-state index contributed by atoms with van der Waals surface area (Å²) in [6.07, 6.45) is 0. The van der Waals surface area contributed by atoms with Gasteiger partial charge in [-0.25, -0.2) is 4.98 Å². The molecule has 0 unspecified atom stereocenters. The fourth-order valence-electron chi connectivity index (χ4n) is 2.25. The first-order valence-electron chi connectivity index (χ1n) is 7.15. The van der Waals surface area contributed by atoms with Crippen LogP contribution in [-0.2, 0) is 6.54 Å². The Bertz CT molecular complexity index is 896. The van der Waals surface area contributed by atoms with E-state index in [2.05, 4.69) is 15.3 Å². The number of para-hydroxylation sites is 1. The van der Waals surface area contributed by atoms with E-state index in [-0.39, 0.29) is 5.56 Å². The topological polar surface area (TPSA) is 81.6 Å². The van der Waals surface area contributed by atoms with Gasteiger partial charge in [0.15, 0.2) is 0 Å². The number of hydrogen-bond acceptors (Lipinski definition) is 4. The van der Waals surface area contributed by atoms with Crippen LogP contribution < -0.4 is 10.9 Å². The molecule has 0 atom stereocenters. The molecule has 112 valence electrons. The van der Waals surface area contributed by atoms with Gasteiger partial charge in [0.1, 0.15) is 17.5 Å². The minimum atomic E-state index is -0.425. The van der Waals surface area contributed by atoms with E-state index in [0.29, 0.717) is 18.1 Å². The fourth-order valence-corrected chi connectivity index (χ4v) is 2.25. The average molecular weight is 302 g/mol. The molecule has 0 amide bonds. The van der Waals surface area contributed by atoms with Crippen LogP contribution in [-0.4, -0.2) is 9.97 Å². The fraction of sp³-hybridized carbons (Fsp3) is 0.0556. The van der Waals surface area contributed by atoms with Crippen LogP contribution in [0.1, 0.15) is 11.4 Å². The van der Waals surface area contributed by atoms with E-state index in [0.717, 1.165) is 11.3 Å². The molecule has 23 heavy (non-hydrogen) atoms. The predicted molar refractivity (Wildman–Crippen MR) is 88.8 cm³/mol. The van der Waals surface area contributed by atoms with Crippen LogP contribution in [0.2, 0.25) is 0 Å². The van der Waals surface area contributed by atoms with E-state index in [9.17, 15) is 10.1 Å². The molecule has 2 aromatic carbocycles. The highest BCUT2D eigenvalue weighted by molar-refractivity contribution is 5.65. The maximum atomic E-state index is 12.1. The summed E-state index contributed by atoms with van der Waals surface area (Å²) in [6.45, 7) is 0.366. The van der Waals surface area contributed by atoms with Gasteiger partial charge >= 0.3 is 0 Å². The third-order valence-electron chi connectivity index (χ3n) is 3.36. The summed E-state index contributed by atoms with van der Waals surface area (Å²) < 4.78 is 0. The largest absolute Gasteiger partial charge is 0.378 e. The zero-order chi connectivity index (χ0) is 16.1. The second-order valence-electron chi connectivity index (χ2n) is 4.93. The summed E-state index contributed by atoms with van der Waals surface area (Å²) in [7, 11) is 0. The van der Waals surface area contributed by atoms with Gasteiger partial charge in [-0.3, -0.25) is 4.79 Å². The lowest BCUT2D eigenvalue weighted by molar-refractivity contribution is 0.927. The number of aromatic amines is 1. The molecule has 0 bridgehead atoms. The van der Waals surface area contributed by atoms with Crippen molar-refractivity contribution in [3.8, 4) is 17.3 Å². The van der Waals surface area contributed by atoms with E-state index < -0.39 is 5.56 Å². The quantitative estimate of drug-likeness (QED) is 0.776. The van der Waals surface area contributed by atoms with Crippen molar-refractivity contribution in [2.24, 2.45) is 0 Å². The zero-order valence-electron chi connectivity index (χ0n) is 12.3. The van der Waals surface area contributed by atoms with Crippen molar-refractivity contribution in [3.63, 3.8) is 0 Å². The summed E-state index contributed by atoms with van der Waals surface area (Å²) in [4.78, 5) is 19.2. The molecular formula is C18H14N4O. The van der Waals surface area contributed by atoms with Crippen molar-refractivity contribution in [3.05, 3.63) is 82.4 Å². The van der Waals surface area contributed by atoms with E-state index in [1.165, 1.54) is 0 Å². The van der Waals surface area contributed by atoms with Crippen molar-refractivity contribution in [1.82, 2.24) is 9.97 Å². The Balaban J connectivity index is 1.95. The van der Waals surface area contributed by atoms with Gasteiger partial charge in [0, 0.05) is 11.3 Å². The van der Waals surface area contributed by atoms with Crippen molar-refractivity contribution < 1.29 is 0 Å². The normalized spacial score (nSPS) is 10.0. The molecule has 0 aliphatic carbocycles. The first-order valence-corrected chi connectivity index (χ1v) is 7.15. The Labute approximate surface area is 133 Å². The molecule has 3 aromatic rings. The van der Waals surface area contributed by atoms with Gasteiger partial charge in [0.05, 0.1) is 12.2 Å². The Morgan fingerprint density at radius 3 is 2.35 bits per heavy atom. The minimum Gasteiger partial charge on any atom is -0.378 e. The number of rotatable bonds is 4. The van der Waals surface area contributed by atoms with Gasteiger partial charge < -0.3 is 10.3 Å². The molecule has 2 N–H and O–H groups in total. The molecule has 0 aliphatic rings. The zero-order valence-corrected chi connectivity index (χ0v) is 12.3. The number of aromatic nitrogens is 2. The van der Waals surface area contributed by atoms with E-state index >= 15 is 0 Å². The smallest absolute Gasteiger partial charge is 0.269 e. The third kappa shape index (κ3) is 3.27. The number of benzene rings is 2. The van der Waals surface area contributed by atoms with Crippen molar-refractivity contribution in [2.45, 2.75) is 6.54 Å². The lowest BCUT2D eigenvalue weighted by atomic mass is 10.1. The van der Waals surface area contributed by atoms with Gasteiger partial charge in [-0.2, -0.15) is 5.26 Å². The number of H-pyrrole nitrogens is 1. The summed E-state index contributed by atoms with van der Waals surface area (Å²) in [6, 6.07) is 20.8. The molecule has 1 heterocycles. The van der Waals surface area contributed by atoms with Crippen LogP contribution in [0.4, 0.5) is 5.69 Å². The second-order valence-corrected chi connectivity index (χ2v) is 4.93. The second kappa shape index (κ2) is 6.58.